The van der Waals surface area contributed by atoms with Crippen molar-refractivity contribution in [3.63, 3.8) is 0 Å². The number of unbranched alkanes of at least 4 members (excludes halogenated alkanes) is 11. The highest BCUT2D eigenvalue weighted by Crippen LogP contribution is 2.33. The standard InChI is InChI=1S/C29H54O4/c1-4-7-9-10-11-12-13-14-15-16-17-23-27(24(6-3)20-8-5-2)33-29(32)26-22-19-18-21-25(26)28(30)31/h24-27H,4-23H2,1-3H3,(H,30,31). The molecule has 194 valence electrons. The van der Waals surface area contributed by atoms with E-state index < -0.39 is 17.8 Å². The van der Waals surface area contributed by atoms with Gasteiger partial charge in [-0.05, 0) is 44.4 Å². The van der Waals surface area contributed by atoms with Gasteiger partial charge in [-0.1, -0.05) is 111 Å². The molecule has 1 saturated carbocycles. The number of esters is 1. The maximum absolute atomic E-state index is 13.0. The van der Waals surface area contributed by atoms with E-state index in [9.17, 15) is 14.7 Å². The van der Waals surface area contributed by atoms with Crippen molar-refractivity contribution in [2.45, 2.75) is 155 Å². The van der Waals surface area contributed by atoms with Crippen LogP contribution in [0.25, 0.3) is 0 Å². The van der Waals surface area contributed by atoms with E-state index in [1.165, 1.54) is 64.2 Å². The zero-order valence-corrected chi connectivity index (χ0v) is 22.1. The molecule has 1 aliphatic rings. The van der Waals surface area contributed by atoms with Crippen molar-refractivity contribution in [2.75, 3.05) is 0 Å². The summed E-state index contributed by atoms with van der Waals surface area (Å²) in [5.74, 6) is -1.71. The Morgan fingerprint density at radius 1 is 0.727 bits per heavy atom. The first-order chi connectivity index (χ1) is 16.0. The van der Waals surface area contributed by atoms with Gasteiger partial charge in [-0.3, -0.25) is 9.59 Å². The summed E-state index contributed by atoms with van der Waals surface area (Å²) in [5.41, 5.74) is 0. The highest BCUT2D eigenvalue weighted by Gasteiger charge is 2.38. The lowest BCUT2D eigenvalue weighted by molar-refractivity contribution is -0.166. The monoisotopic (exact) mass is 466 g/mol. The van der Waals surface area contributed by atoms with Crippen LogP contribution in [0.1, 0.15) is 149 Å². The minimum Gasteiger partial charge on any atom is -0.481 e. The van der Waals surface area contributed by atoms with Crippen LogP contribution in [0.4, 0.5) is 0 Å². The summed E-state index contributed by atoms with van der Waals surface area (Å²) in [7, 11) is 0. The van der Waals surface area contributed by atoms with Gasteiger partial charge in [-0.2, -0.15) is 0 Å². The highest BCUT2D eigenvalue weighted by atomic mass is 16.5. The van der Waals surface area contributed by atoms with E-state index in [2.05, 4.69) is 20.8 Å². The van der Waals surface area contributed by atoms with Crippen molar-refractivity contribution in [1.82, 2.24) is 0 Å². The fourth-order valence-corrected chi connectivity index (χ4v) is 5.46. The molecule has 0 radical (unpaired) electrons. The van der Waals surface area contributed by atoms with Gasteiger partial charge in [-0.15, -0.1) is 0 Å². The van der Waals surface area contributed by atoms with Crippen molar-refractivity contribution in [3.8, 4) is 0 Å². The quantitative estimate of drug-likeness (QED) is 0.144. The van der Waals surface area contributed by atoms with Crippen LogP contribution < -0.4 is 0 Å². The predicted octanol–water partition coefficient (Wildman–Crippen LogP) is 8.71. The number of carboxylic acid groups (broad SMARTS) is 1. The van der Waals surface area contributed by atoms with Crippen LogP contribution in [0.5, 0.6) is 0 Å². The second-order valence-corrected chi connectivity index (χ2v) is 10.4. The Balaban J connectivity index is 2.46. The first-order valence-electron chi connectivity index (χ1n) is 14.5. The summed E-state index contributed by atoms with van der Waals surface area (Å²) in [6, 6.07) is 0. The number of carbonyl (C=O) groups excluding carboxylic acids is 1. The van der Waals surface area contributed by atoms with Crippen LogP contribution in [0.15, 0.2) is 0 Å². The molecule has 4 heteroatoms. The minimum atomic E-state index is -0.836. The second-order valence-electron chi connectivity index (χ2n) is 10.4. The lowest BCUT2D eigenvalue weighted by atomic mass is 9.79. The van der Waals surface area contributed by atoms with Gasteiger partial charge in [0, 0.05) is 0 Å². The SMILES string of the molecule is CCCCCCCCCCCCCC(OC(=O)C1CCCCC1C(=O)O)C(CC)CCCC. The number of hydrogen-bond donors (Lipinski definition) is 1. The Hall–Kier alpha value is -1.06. The molecule has 0 heterocycles. The van der Waals surface area contributed by atoms with Gasteiger partial charge < -0.3 is 9.84 Å². The van der Waals surface area contributed by atoms with E-state index in [0.29, 0.717) is 18.8 Å². The van der Waals surface area contributed by atoms with E-state index in [1.54, 1.807) is 0 Å². The topological polar surface area (TPSA) is 63.6 Å². The normalized spacial score (nSPS) is 20.3. The van der Waals surface area contributed by atoms with Gasteiger partial charge in [0.15, 0.2) is 0 Å². The number of rotatable bonds is 20. The minimum absolute atomic E-state index is 0.0519. The molecule has 1 rings (SSSR count). The van der Waals surface area contributed by atoms with Crippen molar-refractivity contribution >= 4 is 11.9 Å². The number of aliphatic carboxylic acids is 1. The van der Waals surface area contributed by atoms with Crippen LogP contribution in [-0.4, -0.2) is 23.1 Å². The Bertz CT molecular complexity index is 504. The van der Waals surface area contributed by atoms with E-state index >= 15 is 0 Å². The summed E-state index contributed by atoms with van der Waals surface area (Å²) >= 11 is 0. The van der Waals surface area contributed by atoms with Crippen LogP contribution in [0.2, 0.25) is 0 Å². The van der Waals surface area contributed by atoms with Gasteiger partial charge in [0.2, 0.25) is 0 Å². The molecule has 0 aliphatic heterocycles. The molecular formula is C29H54O4. The van der Waals surface area contributed by atoms with E-state index in [-0.39, 0.29) is 12.1 Å². The Morgan fingerprint density at radius 2 is 1.24 bits per heavy atom. The summed E-state index contributed by atoms with van der Waals surface area (Å²) in [6.07, 6.45) is 22.8. The molecule has 4 atom stereocenters. The number of ether oxygens (including phenoxy) is 1. The number of carboxylic acids is 1. The molecule has 1 N–H and O–H groups in total. The van der Waals surface area contributed by atoms with E-state index in [4.69, 9.17) is 4.74 Å². The maximum Gasteiger partial charge on any atom is 0.310 e. The van der Waals surface area contributed by atoms with Crippen molar-refractivity contribution in [3.05, 3.63) is 0 Å². The van der Waals surface area contributed by atoms with Gasteiger partial charge in [-0.25, -0.2) is 0 Å². The third kappa shape index (κ3) is 12.8. The van der Waals surface area contributed by atoms with Crippen molar-refractivity contribution in [2.24, 2.45) is 17.8 Å². The average molecular weight is 467 g/mol. The smallest absolute Gasteiger partial charge is 0.310 e. The Labute approximate surface area is 204 Å². The van der Waals surface area contributed by atoms with Gasteiger partial charge in [0.25, 0.3) is 0 Å². The first-order valence-corrected chi connectivity index (χ1v) is 14.5. The summed E-state index contributed by atoms with van der Waals surface area (Å²) in [4.78, 5) is 24.7. The molecule has 0 aromatic rings. The van der Waals surface area contributed by atoms with E-state index in [1.807, 2.05) is 0 Å². The molecule has 1 fully saturated rings. The molecule has 0 aromatic carbocycles. The molecule has 0 bridgehead atoms. The molecule has 4 unspecified atom stereocenters. The molecule has 0 amide bonds. The van der Waals surface area contributed by atoms with Crippen molar-refractivity contribution < 1.29 is 19.4 Å². The third-order valence-corrected chi connectivity index (χ3v) is 7.72. The predicted molar refractivity (Wildman–Crippen MR) is 137 cm³/mol. The Morgan fingerprint density at radius 3 is 1.76 bits per heavy atom. The van der Waals surface area contributed by atoms with Crippen LogP contribution in [0, 0.1) is 17.8 Å². The van der Waals surface area contributed by atoms with Crippen LogP contribution in [0.3, 0.4) is 0 Å². The zero-order valence-electron chi connectivity index (χ0n) is 22.1. The van der Waals surface area contributed by atoms with E-state index in [0.717, 1.165) is 51.4 Å². The fourth-order valence-electron chi connectivity index (χ4n) is 5.46. The van der Waals surface area contributed by atoms with Gasteiger partial charge >= 0.3 is 11.9 Å². The summed E-state index contributed by atoms with van der Waals surface area (Å²) < 4.78 is 6.11. The second kappa shape index (κ2) is 19.3. The first kappa shape index (κ1) is 30.0. The summed E-state index contributed by atoms with van der Waals surface area (Å²) in [5, 5.41) is 9.57. The molecule has 0 aromatic heterocycles. The lowest BCUT2D eigenvalue weighted by Crippen LogP contribution is -2.37. The largest absolute Gasteiger partial charge is 0.481 e. The molecule has 1 aliphatic carbocycles. The molecular weight excluding hydrogens is 412 g/mol. The Kier molecular flexibility index (Phi) is 17.5. The summed E-state index contributed by atoms with van der Waals surface area (Å²) in [6.45, 7) is 6.67. The van der Waals surface area contributed by atoms with Crippen LogP contribution in [-0.2, 0) is 14.3 Å². The molecule has 0 spiro atoms. The van der Waals surface area contributed by atoms with Gasteiger partial charge in [0.1, 0.15) is 6.10 Å². The van der Waals surface area contributed by atoms with Crippen LogP contribution >= 0.6 is 0 Å². The zero-order chi connectivity index (χ0) is 24.3. The third-order valence-electron chi connectivity index (χ3n) is 7.72. The molecule has 4 nitrogen and oxygen atoms in total. The lowest BCUT2D eigenvalue weighted by Gasteiger charge is -2.31. The number of carbonyl (C=O) groups is 2. The molecule has 33 heavy (non-hydrogen) atoms. The highest BCUT2D eigenvalue weighted by molar-refractivity contribution is 5.81. The molecule has 0 saturated heterocycles. The van der Waals surface area contributed by atoms with Gasteiger partial charge in [0.05, 0.1) is 11.8 Å². The fraction of sp³-hybridized carbons (Fsp3) is 0.931. The number of hydrogen-bond acceptors (Lipinski definition) is 3. The van der Waals surface area contributed by atoms with Crippen molar-refractivity contribution in [1.29, 1.82) is 0 Å². The average Bonchev–Trinajstić information content (AvgIpc) is 2.82. The maximum atomic E-state index is 13.0.